The Morgan fingerprint density at radius 2 is 2.19 bits per heavy atom. The topological polar surface area (TPSA) is 50.6 Å². The number of ether oxygens (including phenoxy) is 1. The molecule has 1 spiro atoms. The summed E-state index contributed by atoms with van der Waals surface area (Å²) in [5.41, 5.74) is 0.803. The summed E-state index contributed by atoms with van der Waals surface area (Å²) in [5.74, 6) is 1.37. The Kier molecular flexibility index (Phi) is 4.82. The van der Waals surface area contributed by atoms with Gasteiger partial charge in [-0.25, -0.2) is 4.98 Å². The Bertz CT molecular complexity index is 654. The smallest absolute Gasteiger partial charge is 0.230 e. The molecule has 6 heteroatoms. The van der Waals surface area contributed by atoms with Crippen molar-refractivity contribution in [3.05, 3.63) is 18.2 Å². The summed E-state index contributed by atoms with van der Waals surface area (Å²) < 4.78 is 7.37. The summed E-state index contributed by atoms with van der Waals surface area (Å²) in [4.78, 5) is 22.7. The maximum absolute atomic E-state index is 13.4. The first-order valence-electron chi connectivity index (χ1n) is 10.1. The predicted octanol–water partition coefficient (Wildman–Crippen LogP) is 2.14. The summed E-state index contributed by atoms with van der Waals surface area (Å²) in [7, 11) is 1.70. The van der Waals surface area contributed by atoms with Gasteiger partial charge in [-0.2, -0.15) is 0 Å². The van der Waals surface area contributed by atoms with E-state index in [0.717, 1.165) is 44.2 Å². The third kappa shape index (κ3) is 3.18. The Labute approximate surface area is 156 Å². The van der Waals surface area contributed by atoms with Crippen LogP contribution < -0.4 is 0 Å². The lowest BCUT2D eigenvalue weighted by Gasteiger charge is -2.28. The number of rotatable bonds is 7. The summed E-state index contributed by atoms with van der Waals surface area (Å²) >= 11 is 0. The maximum Gasteiger partial charge on any atom is 0.230 e. The average molecular weight is 361 g/mol. The van der Waals surface area contributed by atoms with Crippen LogP contribution in [0.5, 0.6) is 0 Å². The van der Waals surface area contributed by atoms with Crippen molar-refractivity contribution in [3.63, 3.8) is 0 Å². The molecule has 4 rings (SSSR count). The summed E-state index contributed by atoms with van der Waals surface area (Å²) in [6, 6.07) is 0.397. The number of methoxy groups -OCH3 is 1. The molecule has 0 radical (unpaired) electrons. The van der Waals surface area contributed by atoms with Crippen LogP contribution in [0, 0.1) is 11.3 Å². The summed E-state index contributed by atoms with van der Waals surface area (Å²) in [5, 5.41) is 0. The Balaban J connectivity index is 1.59. The fraction of sp³-hybridized carbons (Fsp3) is 0.800. The molecule has 3 fully saturated rings. The lowest BCUT2D eigenvalue weighted by Crippen LogP contribution is -2.40. The van der Waals surface area contributed by atoms with E-state index in [-0.39, 0.29) is 11.3 Å². The summed E-state index contributed by atoms with van der Waals surface area (Å²) in [6.07, 6.45) is 7.74. The molecule has 2 unspecified atom stereocenters. The highest BCUT2D eigenvalue weighted by Crippen LogP contribution is 2.50. The van der Waals surface area contributed by atoms with Crippen LogP contribution in [0.25, 0.3) is 0 Å². The highest BCUT2D eigenvalue weighted by molar-refractivity contribution is 5.86. The molecule has 3 heterocycles. The number of carbonyl (C=O) groups excluding carboxylic acids is 1. The predicted molar refractivity (Wildman–Crippen MR) is 100 cm³/mol. The molecule has 2 aliphatic heterocycles. The minimum Gasteiger partial charge on any atom is -0.383 e. The standard InChI is InChI=1S/C20H32N4O2/c1-15(2)24-12-18(21-14-24)17-11-22(10-16-4-5-16)13-20(17)6-7-23(19(20)25)8-9-26-3/h12,14-17H,4-11,13H2,1-3H3. The molecule has 2 saturated heterocycles. The molecule has 1 amide bonds. The quantitative estimate of drug-likeness (QED) is 0.748. The molecule has 0 aromatic carbocycles. The Hall–Kier alpha value is -1.40. The molecule has 0 bridgehead atoms. The van der Waals surface area contributed by atoms with Gasteiger partial charge in [0.15, 0.2) is 0 Å². The van der Waals surface area contributed by atoms with Crippen molar-refractivity contribution in [2.45, 2.75) is 45.1 Å². The first-order chi connectivity index (χ1) is 12.5. The van der Waals surface area contributed by atoms with Crippen LogP contribution in [0.15, 0.2) is 12.5 Å². The van der Waals surface area contributed by atoms with Crippen molar-refractivity contribution in [1.29, 1.82) is 0 Å². The van der Waals surface area contributed by atoms with Gasteiger partial charge in [0.2, 0.25) is 5.91 Å². The van der Waals surface area contributed by atoms with Crippen molar-refractivity contribution < 1.29 is 9.53 Å². The van der Waals surface area contributed by atoms with E-state index in [1.54, 1.807) is 7.11 Å². The number of carbonyl (C=O) groups is 1. The molecule has 6 nitrogen and oxygen atoms in total. The molecule has 1 saturated carbocycles. The van der Waals surface area contributed by atoms with Gasteiger partial charge in [0.1, 0.15) is 0 Å². The highest BCUT2D eigenvalue weighted by atomic mass is 16.5. The third-order valence-corrected chi connectivity index (χ3v) is 6.51. The lowest BCUT2D eigenvalue weighted by molar-refractivity contribution is -0.136. The number of hydrogen-bond donors (Lipinski definition) is 0. The van der Waals surface area contributed by atoms with Crippen molar-refractivity contribution in [3.8, 4) is 0 Å². The number of hydrogen-bond acceptors (Lipinski definition) is 4. The summed E-state index contributed by atoms with van der Waals surface area (Å²) in [6.45, 7) is 9.51. The van der Waals surface area contributed by atoms with Gasteiger partial charge >= 0.3 is 0 Å². The van der Waals surface area contributed by atoms with E-state index in [1.807, 2.05) is 11.2 Å². The number of nitrogens with zero attached hydrogens (tertiary/aromatic N) is 4. The zero-order valence-electron chi connectivity index (χ0n) is 16.4. The second-order valence-corrected chi connectivity index (χ2v) is 8.72. The van der Waals surface area contributed by atoms with E-state index in [2.05, 4.69) is 29.5 Å². The van der Waals surface area contributed by atoms with E-state index in [1.165, 1.54) is 12.8 Å². The van der Waals surface area contributed by atoms with Crippen LogP contribution in [0.3, 0.4) is 0 Å². The Morgan fingerprint density at radius 3 is 2.85 bits per heavy atom. The van der Waals surface area contributed by atoms with E-state index in [0.29, 0.717) is 25.1 Å². The molecule has 1 aliphatic carbocycles. The van der Waals surface area contributed by atoms with Gasteiger partial charge in [-0.15, -0.1) is 0 Å². The van der Waals surface area contributed by atoms with Crippen LogP contribution in [-0.2, 0) is 9.53 Å². The molecule has 26 heavy (non-hydrogen) atoms. The first kappa shape index (κ1) is 18.0. The highest BCUT2D eigenvalue weighted by Gasteiger charge is 2.57. The molecule has 3 aliphatic rings. The van der Waals surface area contributed by atoms with Crippen molar-refractivity contribution >= 4 is 5.91 Å². The second kappa shape index (κ2) is 6.97. The maximum atomic E-state index is 13.4. The number of likely N-dealkylation sites (tertiary alicyclic amines) is 2. The minimum absolute atomic E-state index is 0.210. The molecular formula is C20H32N4O2. The SMILES string of the molecule is COCCN1CCC2(CN(CC3CC3)CC2c2cn(C(C)C)cn2)C1=O. The van der Waals surface area contributed by atoms with Crippen LogP contribution in [0.1, 0.15) is 50.8 Å². The van der Waals surface area contributed by atoms with Gasteiger partial charge < -0.3 is 19.1 Å². The van der Waals surface area contributed by atoms with Gasteiger partial charge in [-0.3, -0.25) is 4.79 Å². The zero-order valence-corrected chi connectivity index (χ0v) is 16.4. The third-order valence-electron chi connectivity index (χ3n) is 6.51. The van der Waals surface area contributed by atoms with Crippen LogP contribution in [-0.4, -0.2) is 71.7 Å². The lowest BCUT2D eigenvalue weighted by atomic mass is 9.75. The van der Waals surface area contributed by atoms with Crippen molar-refractivity contribution in [2.24, 2.45) is 11.3 Å². The molecule has 144 valence electrons. The van der Waals surface area contributed by atoms with Gasteiger partial charge in [0, 0.05) is 58.0 Å². The van der Waals surface area contributed by atoms with Crippen LogP contribution >= 0.6 is 0 Å². The van der Waals surface area contributed by atoms with Gasteiger partial charge in [0.25, 0.3) is 0 Å². The Morgan fingerprint density at radius 1 is 1.38 bits per heavy atom. The normalized spacial score (nSPS) is 29.6. The van der Waals surface area contributed by atoms with Gasteiger partial charge in [-0.1, -0.05) is 0 Å². The molecule has 2 atom stereocenters. The van der Waals surface area contributed by atoms with E-state index in [9.17, 15) is 4.79 Å². The van der Waals surface area contributed by atoms with E-state index < -0.39 is 0 Å². The second-order valence-electron chi connectivity index (χ2n) is 8.72. The van der Waals surface area contributed by atoms with Crippen LogP contribution in [0.4, 0.5) is 0 Å². The van der Waals surface area contributed by atoms with E-state index in [4.69, 9.17) is 9.72 Å². The van der Waals surface area contributed by atoms with Crippen molar-refractivity contribution in [1.82, 2.24) is 19.4 Å². The first-order valence-corrected chi connectivity index (χ1v) is 10.1. The molecule has 0 N–H and O–H groups in total. The number of aromatic nitrogens is 2. The minimum atomic E-state index is -0.293. The number of amides is 1. The van der Waals surface area contributed by atoms with Gasteiger partial charge in [-0.05, 0) is 39.0 Å². The molecule has 1 aromatic heterocycles. The van der Waals surface area contributed by atoms with E-state index >= 15 is 0 Å². The fourth-order valence-corrected chi connectivity index (χ4v) is 4.75. The average Bonchev–Trinajstić information content (AvgIpc) is 3.05. The van der Waals surface area contributed by atoms with Crippen LogP contribution in [0.2, 0.25) is 0 Å². The monoisotopic (exact) mass is 360 g/mol. The molecule has 1 aromatic rings. The fourth-order valence-electron chi connectivity index (χ4n) is 4.75. The van der Waals surface area contributed by atoms with Crippen molar-refractivity contribution in [2.75, 3.05) is 46.4 Å². The largest absolute Gasteiger partial charge is 0.383 e. The van der Waals surface area contributed by atoms with Gasteiger partial charge in [0.05, 0.1) is 24.0 Å². The molecular weight excluding hydrogens is 328 g/mol. The number of imidazole rings is 1. The zero-order chi connectivity index (χ0) is 18.3.